The fourth-order valence-electron chi connectivity index (χ4n) is 2.14. The summed E-state index contributed by atoms with van der Waals surface area (Å²) in [5, 5.41) is 0.285. The number of thioether (sulfide) groups is 1. The van der Waals surface area contributed by atoms with Gasteiger partial charge in [-0.05, 0) is 30.5 Å². The van der Waals surface area contributed by atoms with Crippen molar-refractivity contribution in [3.63, 3.8) is 0 Å². The number of benzene rings is 1. The summed E-state index contributed by atoms with van der Waals surface area (Å²) in [4.78, 5) is 7.36. The molecule has 0 aliphatic heterocycles. The lowest BCUT2D eigenvalue weighted by Gasteiger charge is -2.19. The zero-order valence-corrected chi connectivity index (χ0v) is 12.2. The Balaban J connectivity index is 2.40. The van der Waals surface area contributed by atoms with Gasteiger partial charge >= 0.3 is 0 Å². The summed E-state index contributed by atoms with van der Waals surface area (Å²) < 4.78 is 0. The molecule has 0 radical (unpaired) electrons. The molecular weight excluding hydrogens is 264 g/mol. The Kier molecular flexibility index (Phi) is 4.72. The fraction of sp³-hybridized carbons (Fsp3) is 0.357. The monoisotopic (exact) mass is 280 g/mol. The highest BCUT2D eigenvalue weighted by molar-refractivity contribution is 7.99. The van der Waals surface area contributed by atoms with Crippen molar-refractivity contribution >= 4 is 23.4 Å². The van der Waals surface area contributed by atoms with Gasteiger partial charge in [0, 0.05) is 17.8 Å². The molecule has 4 heteroatoms. The number of halogens is 1. The molecule has 0 bridgehead atoms. The van der Waals surface area contributed by atoms with E-state index in [1.54, 1.807) is 6.33 Å². The summed E-state index contributed by atoms with van der Waals surface area (Å²) in [6, 6.07) is 6.42. The quantitative estimate of drug-likeness (QED) is 0.836. The largest absolute Gasteiger partial charge is 0.347 e. The molecule has 2 nitrogen and oxygen atoms in total. The van der Waals surface area contributed by atoms with Crippen LogP contribution in [0.5, 0.6) is 0 Å². The zero-order chi connectivity index (χ0) is 13.0. The maximum atomic E-state index is 5.83. The molecule has 2 rings (SSSR count). The third-order valence-corrected chi connectivity index (χ3v) is 4.64. The number of alkyl halides is 1. The van der Waals surface area contributed by atoms with Crippen molar-refractivity contribution in [2.24, 2.45) is 0 Å². The smallest absolute Gasteiger partial charge is 0.0922 e. The van der Waals surface area contributed by atoms with E-state index >= 15 is 0 Å². The van der Waals surface area contributed by atoms with Gasteiger partial charge in [0.25, 0.3) is 0 Å². The number of nitrogens with one attached hydrogen (secondary N) is 1. The lowest BCUT2D eigenvalue weighted by Crippen LogP contribution is -2.04. The van der Waals surface area contributed by atoms with Crippen molar-refractivity contribution in [2.45, 2.75) is 19.1 Å². The van der Waals surface area contributed by atoms with Crippen LogP contribution in [-0.2, 0) is 0 Å². The van der Waals surface area contributed by atoms with Gasteiger partial charge in [0.15, 0.2) is 0 Å². The molecule has 1 aromatic heterocycles. The number of aromatic nitrogens is 2. The van der Waals surface area contributed by atoms with Gasteiger partial charge in [-0.3, -0.25) is 0 Å². The van der Waals surface area contributed by atoms with Crippen LogP contribution in [-0.4, -0.2) is 21.6 Å². The van der Waals surface area contributed by atoms with E-state index in [2.05, 4.69) is 42.0 Å². The van der Waals surface area contributed by atoms with Crippen molar-refractivity contribution in [2.75, 3.05) is 11.6 Å². The Hall–Kier alpha value is -0.930. The number of nitrogens with zero attached hydrogens (tertiary/aromatic N) is 1. The van der Waals surface area contributed by atoms with Crippen LogP contribution < -0.4 is 0 Å². The molecule has 0 amide bonds. The van der Waals surface area contributed by atoms with Gasteiger partial charge in [-0.15, -0.1) is 23.4 Å². The minimum absolute atomic E-state index is 0.285. The van der Waals surface area contributed by atoms with Crippen LogP contribution in [0.1, 0.15) is 27.6 Å². The van der Waals surface area contributed by atoms with Crippen molar-refractivity contribution in [1.29, 1.82) is 0 Å². The average molecular weight is 281 g/mol. The van der Waals surface area contributed by atoms with E-state index in [-0.39, 0.29) is 5.25 Å². The molecule has 0 aliphatic carbocycles. The predicted octanol–water partition coefficient (Wildman–Crippen LogP) is 4.09. The second kappa shape index (κ2) is 6.30. The van der Waals surface area contributed by atoms with E-state index in [9.17, 15) is 0 Å². The Morgan fingerprint density at radius 1 is 1.33 bits per heavy atom. The molecule has 0 saturated heterocycles. The van der Waals surface area contributed by atoms with E-state index in [0.29, 0.717) is 5.88 Å². The number of hydrogen-bond acceptors (Lipinski definition) is 2. The highest BCUT2D eigenvalue weighted by atomic mass is 35.5. The van der Waals surface area contributed by atoms with Crippen LogP contribution in [0.15, 0.2) is 30.7 Å². The van der Waals surface area contributed by atoms with E-state index in [1.165, 1.54) is 16.7 Å². The SMILES string of the molecule is Cc1cccc(C)c1C(SCCCl)c1cnc[nH]1. The third kappa shape index (κ3) is 2.90. The molecule has 1 heterocycles. The maximum Gasteiger partial charge on any atom is 0.0922 e. The first-order chi connectivity index (χ1) is 8.74. The molecule has 18 heavy (non-hydrogen) atoms. The molecule has 0 spiro atoms. The van der Waals surface area contributed by atoms with Gasteiger partial charge in [-0.1, -0.05) is 18.2 Å². The molecule has 1 aromatic carbocycles. The molecule has 96 valence electrons. The van der Waals surface area contributed by atoms with E-state index < -0.39 is 0 Å². The molecular formula is C14H17ClN2S. The average Bonchev–Trinajstić information content (AvgIpc) is 2.86. The molecule has 0 aliphatic rings. The van der Waals surface area contributed by atoms with E-state index in [4.69, 9.17) is 11.6 Å². The molecule has 1 atom stereocenters. The van der Waals surface area contributed by atoms with Crippen molar-refractivity contribution in [3.8, 4) is 0 Å². The van der Waals surface area contributed by atoms with Crippen LogP contribution in [0.25, 0.3) is 0 Å². The summed E-state index contributed by atoms with van der Waals surface area (Å²) in [6.07, 6.45) is 3.63. The first-order valence-corrected chi connectivity index (χ1v) is 7.54. The Bertz CT molecular complexity index is 476. The first kappa shape index (κ1) is 13.5. The third-order valence-electron chi connectivity index (χ3n) is 2.97. The molecule has 1 N–H and O–H groups in total. The van der Waals surface area contributed by atoms with E-state index in [1.807, 2.05) is 18.0 Å². The van der Waals surface area contributed by atoms with Gasteiger partial charge in [-0.25, -0.2) is 4.98 Å². The van der Waals surface area contributed by atoms with Gasteiger partial charge in [0.2, 0.25) is 0 Å². The summed E-state index contributed by atoms with van der Waals surface area (Å²) >= 11 is 7.68. The van der Waals surface area contributed by atoms with Gasteiger partial charge in [-0.2, -0.15) is 0 Å². The Morgan fingerprint density at radius 2 is 2.06 bits per heavy atom. The second-order valence-electron chi connectivity index (χ2n) is 4.25. The molecule has 2 aromatic rings. The normalized spacial score (nSPS) is 12.6. The van der Waals surface area contributed by atoms with Crippen LogP contribution in [0.4, 0.5) is 0 Å². The number of aromatic amines is 1. The highest BCUT2D eigenvalue weighted by Crippen LogP contribution is 2.37. The van der Waals surface area contributed by atoms with Crippen LogP contribution in [0.3, 0.4) is 0 Å². The first-order valence-electron chi connectivity index (χ1n) is 5.96. The van der Waals surface area contributed by atoms with Gasteiger partial charge in [0.05, 0.1) is 17.3 Å². The number of H-pyrrole nitrogens is 1. The lowest BCUT2D eigenvalue weighted by molar-refractivity contribution is 1.04. The summed E-state index contributed by atoms with van der Waals surface area (Å²) in [7, 11) is 0. The molecule has 0 fully saturated rings. The summed E-state index contributed by atoms with van der Waals surface area (Å²) in [6.45, 7) is 4.32. The van der Waals surface area contributed by atoms with Gasteiger partial charge in [0.1, 0.15) is 0 Å². The zero-order valence-electron chi connectivity index (χ0n) is 10.6. The Labute approximate surface area is 117 Å². The second-order valence-corrected chi connectivity index (χ2v) is 5.84. The Morgan fingerprint density at radius 3 is 2.61 bits per heavy atom. The molecule has 1 unspecified atom stereocenters. The fourth-order valence-corrected chi connectivity index (χ4v) is 3.58. The number of aryl methyl sites for hydroxylation is 2. The van der Waals surface area contributed by atoms with Gasteiger partial charge < -0.3 is 4.98 Å². The number of imidazole rings is 1. The number of hydrogen-bond donors (Lipinski definition) is 1. The van der Waals surface area contributed by atoms with Crippen molar-refractivity contribution < 1.29 is 0 Å². The van der Waals surface area contributed by atoms with Crippen molar-refractivity contribution in [3.05, 3.63) is 53.1 Å². The number of rotatable bonds is 5. The van der Waals surface area contributed by atoms with Crippen molar-refractivity contribution in [1.82, 2.24) is 9.97 Å². The maximum absolute atomic E-state index is 5.83. The lowest BCUT2D eigenvalue weighted by atomic mass is 9.98. The van der Waals surface area contributed by atoms with E-state index in [0.717, 1.165) is 11.4 Å². The summed E-state index contributed by atoms with van der Waals surface area (Å²) in [5.74, 6) is 1.60. The molecule has 0 saturated carbocycles. The van der Waals surface area contributed by atoms with Crippen LogP contribution in [0, 0.1) is 13.8 Å². The topological polar surface area (TPSA) is 28.7 Å². The standard InChI is InChI=1S/C14H17ClN2S/c1-10-4-3-5-11(2)13(10)14(18-7-6-15)12-8-16-9-17-12/h3-5,8-9,14H,6-7H2,1-2H3,(H,16,17). The minimum Gasteiger partial charge on any atom is -0.347 e. The van der Waals surface area contributed by atoms with Crippen LogP contribution in [0.2, 0.25) is 0 Å². The summed E-state index contributed by atoms with van der Waals surface area (Å²) in [5.41, 5.74) is 5.15. The minimum atomic E-state index is 0.285. The highest BCUT2D eigenvalue weighted by Gasteiger charge is 2.19. The van der Waals surface area contributed by atoms with Crippen LogP contribution >= 0.6 is 23.4 Å². The predicted molar refractivity (Wildman–Crippen MR) is 79.5 cm³/mol.